The van der Waals surface area contributed by atoms with Crippen LogP contribution < -0.4 is 10.1 Å². The number of hydrogen-bond acceptors (Lipinski definition) is 2. The minimum Gasteiger partial charge on any atom is -0.497 e. The molecule has 2 heterocycles. The van der Waals surface area contributed by atoms with Crippen LogP contribution in [0.4, 0.5) is 0 Å². The van der Waals surface area contributed by atoms with Crippen LogP contribution in [0.2, 0.25) is 0 Å². The minimum absolute atomic E-state index is 0.0214. The van der Waals surface area contributed by atoms with E-state index in [2.05, 4.69) is 65.2 Å². The lowest BCUT2D eigenvalue weighted by Gasteiger charge is -2.24. The van der Waals surface area contributed by atoms with E-state index in [0.717, 1.165) is 47.2 Å². The molecule has 160 valence electrons. The molecule has 1 atom stereocenters. The number of hydrogen-bond donors (Lipinski definition) is 2. The number of carbonyl (C=O) groups excluding carboxylic acids is 1. The number of fused-ring (bicyclic) bond motifs is 4. The van der Waals surface area contributed by atoms with Crippen LogP contribution in [-0.2, 0) is 17.6 Å². The minimum atomic E-state index is 0.0214. The van der Waals surface area contributed by atoms with E-state index in [0.29, 0.717) is 12.5 Å². The van der Waals surface area contributed by atoms with E-state index in [9.17, 15) is 4.79 Å². The lowest BCUT2D eigenvalue weighted by molar-refractivity contribution is -0.121. The zero-order chi connectivity index (χ0) is 21.5. The fraction of sp³-hybridized carbons (Fsp3) is 0.346. The molecule has 5 rings (SSSR count). The summed E-state index contributed by atoms with van der Waals surface area (Å²) < 4.78 is 7.66. The normalized spacial score (nSPS) is 16.1. The lowest BCUT2D eigenvalue weighted by Crippen LogP contribution is -2.32. The summed E-state index contributed by atoms with van der Waals surface area (Å²) >= 11 is 0. The molecule has 1 amide bonds. The van der Waals surface area contributed by atoms with Gasteiger partial charge in [-0.05, 0) is 68.5 Å². The lowest BCUT2D eigenvalue weighted by atomic mass is 9.91. The number of aryl methyl sites for hydroxylation is 1. The molecule has 4 aromatic rings. The van der Waals surface area contributed by atoms with Gasteiger partial charge in [0.25, 0.3) is 0 Å². The highest BCUT2D eigenvalue weighted by Crippen LogP contribution is 2.36. The molecule has 0 fully saturated rings. The van der Waals surface area contributed by atoms with Gasteiger partial charge in [-0.15, -0.1) is 0 Å². The zero-order valence-corrected chi connectivity index (χ0v) is 18.4. The van der Waals surface area contributed by atoms with Crippen LogP contribution in [0.25, 0.3) is 21.8 Å². The second-order valence-electron chi connectivity index (χ2n) is 8.79. The Morgan fingerprint density at radius 3 is 2.87 bits per heavy atom. The SMILES string of the molecule is COc1ccc2[nH]c3c(c2c1)CCC[C@@H]3NC(=O)Cc1cn(C(C)C)c2ccccc12. The van der Waals surface area contributed by atoms with E-state index in [1.807, 2.05) is 12.1 Å². The fourth-order valence-electron chi connectivity index (χ4n) is 4.98. The summed E-state index contributed by atoms with van der Waals surface area (Å²) in [5.74, 6) is 0.933. The molecule has 2 aromatic heterocycles. The van der Waals surface area contributed by atoms with Crippen molar-refractivity contribution in [3.8, 4) is 5.75 Å². The summed E-state index contributed by atoms with van der Waals surface area (Å²) in [4.78, 5) is 16.6. The molecule has 1 aliphatic carbocycles. The second kappa shape index (κ2) is 7.80. The number of ether oxygens (including phenoxy) is 1. The van der Waals surface area contributed by atoms with Crippen LogP contribution in [0.15, 0.2) is 48.7 Å². The molecule has 0 saturated carbocycles. The molecular weight excluding hydrogens is 386 g/mol. The number of H-pyrrole nitrogens is 1. The first-order chi connectivity index (χ1) is 15.0. The Morgan fingerprint density at radius 2 is 2.06 bits per heavy atom. The van der Waals surface area contributed by atoms with E-state index in [-0.39, 0.29) is 11.9 Å². The number of aromatic nitrogens is 2. The maximum Gasteiger partial charge on any atom is 0.225 e. The van der Waals surface area contributed by atoms with Gasteiger partial charge in [0.15, 0.2) is 0 Å². The van der Waals surface area contributed by atoms with Crippen LogP contribution >= 0.6 is 0 Å². The summed E-state index contributed by atoms with van der Waals surface area (Å²) in [5, 5.41) is 5.67. The smallest absolute Gasteiger partial charge is 0.225 e. The van der Waals surface area contributed by atoms with Crippen LogP contribution in [0.5, 0.6) is 5.75 Å². The standard InChI is InChI=1S/C26H29N3O2/c1-16(2)29-15-17(19-7-4-5-10-24(19)29)13-25(30)27-23-9-6-8-20-21-14-18(31-3)11-12-22(21)28-26(20)23/h4-5,7,10-12,14-16,23,28H,6,8-9,13H2,1-3H3,(H,27,30)/t23-/m0/s1. The third-order valence-corrected chi connectivity index (χ3v) is 6.48. The third-order valence-electron chi connectivity index (χ3n) is 6.48. The van der Waals surface area contributed by atoms with Crippen LogP contribution in [0.3, 0.4) is 0 Å². The average Bonchev–Trinajstić information content (AvgIpc) is 3.33. The number of methoxy groups -OCH3 is 1. The van der Waals surface area contributed by atoms with Gasteiger partial charge in [-0.2, -0.15) is 0 Å². The molecule has 0 aliphatic heterocycles. The molecule has 0 spiro atoms. The number of nitrogens with one attached hydrogen (secondary N) is 2. The monoisotopic (exact) mass is 415 g/mol. The first kappa shape index (κ1) is 19.7. The van der Waals surface area contributed by atoms with E-state index in [1.165, 1.54) is 16.5 Å². The van der Waals surface area contributed by atoms with Crippen molar-refractivity contribution >= 4 is 27.7 Å². The molecule has 0 bridgehead atoms. The van der Waals surface area contributed by atoms with Crippen molar-refractivity contribution in [3.05, 3.63) is 65.5 Å². The molecule has 2 N–H and O–H groups in total. The number of carbonyl (C=O) groups is 1. The van der Waals surface area contributed by atoms with Gasteiger partial charge in [0.1, 0.15) is 5.75 Å². The highest BCUT2D eigenvalue weighted by atomic mass is 16.5. The van der Waals surface area contributed by atoms with E-state index in [4.69, 9.17) is 4.74 Å². The van der Waals surface area contributed by atoms with Crippen LogP contribution in [0.1, 0.15) is 55.6 Å². The molecule has 5 nitrogen and oxygen atoms in total. The quantitative estimate of drug-likeness (QED) is 0.455. The Labute approximate surface area is 182 Å². The van der Waals surface area contributed by atoms with Gasteiger partial charge in [0.05, 0.1) is 19.6 Å². The number of benzene rings is 2. The van der Waals surface area contributed by atoms with Crippen molar-refractivity contribution < 1.29 is 9.53 Å². The number of nitrogens with zero attached hydrogens (tertiary/aromatic N) is 1. The third kappa shape index (κ3) is 3.48. The van der Waals surface area contributed by atoms with Crippen molar-refractivity contribution in [2.75, 3.05) is 7.11 Å². The van der Waals surface area contributed by atoms with E-state index < -0.39 is 0 Å². The first-order valence-corrected chi connectivity index (χ1v) is 11.1. The van der Waals surface area contributed by atoms with Gasteiger partial charge in [-0.3, -0.25) is 4.79 Å². The number of rotatable bonds is 5. The molecule has 31 heavy (non-hydrogen) atoms. The second-order valence-corrected chi connectivity index (χ2v) is 8.79. The molecule has 1 aliphatic rings. The van der Waals surface area contributed by atoms with Gasteiger partial charge in [0.2, 0.25) is 5.91 Å². The maximum absolute atomic E-state index is 13.1. The van der Waals surface area contributed by atoms with Crippen molar-refractivity contribution in [2.24, 2.45) is 0 Å². The van der Waals surface area contributed by atoms with Gasteiger partial charge in [0, 0.05) is 39.7 Å². The summed E-state index contributed by atoms with van der Waals surface area (Å²) in [6.07, 6.45) is 5.57. The van der Waals surface area contributed by atoms with Gasteiger partial charge in [-0.25, -0.2) is 0 Å². The predicted molar refractivity (Wildman–Crippen MR) is 125 cm³/mol. The van der Waals surface area contributed by atoms with Crippen molar-refractivity contribution in [1.29, 1.82) is 0 Å². The van der Waals surface area contributed by atoms with Crippen LogP contribution in [-0.4, -0.2) is 22.6 Å². The predicted octanol–water partition coefficient (Wildman–Crippen LogP) is 5.45. The Hall–Kier alpha value is -3.21. The largest absolute Gasteiger partial charge is 0.497 e. The molecule has 0 unspecified atom stereocenters. The fourth-order valence-corrected chi connectivity index (χ4v) is 4.98. The molecular formula is C26H29N3O2. The maximum atomic E-state index is 13.1. The summed E-state index contributed by atoms with van der Waals surface area (Å²) in [5.41, 5.74) is 5.82. The summed E-state index contributed by atoms with van der Waals surface area (Å²) in [7, 11) is 1.69. The number of amides is 1. The topological polar surface area (TPSA) is 59.0 Å². The molecule has 0 saturated heterocycles. The van der Waals surface area contributed by atoms with Crippen LogP contribution in [0, 0.1) is 0 Å². The Kier molecular flexibility index (Phi) is 4.97. The Bertz CT molecular complexity index is 1260. The van der Waals surface area contributed by atoms with Gasteiger partial charge >= 0.3 is 0 Å². The summed E-state index contributed by atoms with van der Waals surface area (Å²) in [6.45, 7) is 4.34. The zero-order valence-electron chi connectivity index (χ0n) is 18.4. The van der Waals surface area contributed by atoms with E-state index >= 15 is 0 Å². The van der Waals surface area contributed by atoms with Crippen molar-refractivity contribution in [2.45, 2.75) is 51.6 Å². The van der Waals surface area contributed by atoms with Gasteiger partial charge in [-0.1, -0.05) is 18.2 Å². The van der Waals surface area contributed by atoms with E-state index in [1.54, 1.807) is 7.11 Å². The first-order valence-electron chi connectivity index (χ1n) is 11.1. The van der Waals surface area contributed by atoms with Crippen molar-refractivity contribution in [3.63, 3.8) is 0 Å². The number of aromatic amines is 1. The van der Waals surface area contributed by atoms with Gasteiger partial charge < -0.3 is 19.6 Å². The highest BCUT2D eigenvalue weighted by Gasteiger charge is 2.26. The Morgan fingerprint density at radius 1 is 1.23 bits per heavy atom. The summed E-state index contributed by atoms with van der Waals surface area (Å²) in [6, 6.07) is 14.8. The average molecular weight is 416 g/mol. The molecule has 0 radical (unpaired) electrons. The molecule has 2 aromatic carbocycles. The Balaban J connectivity index is 1.41. The molecule has 5 heteroatoms. The highest BCUT2D eigenvalue weighted by molar-refractivity contribution is 5.90. The number of para-hydroxylation sites is 1. The van der Waals surface area contributed by atoms with Crippen molar-refractivity contribution in [1.82, 2.24) is 14.9 Å².